The average molecular weight is 236 g/mol. The van der Waals surface area contributed by atoms with E-state index in [1.165, 1.54) is 0 Å². The van der Waals surface area contributed by atoms with Crippen LogP contribution in [0.1, 0.15) is 4.28 Å². The molecule has 0 bridgehead atoms. The van der Waals surface area contributed by atoms with Gasteiger partial charge in [-0.3, -0.25) is 0 Å². The van der Waals surface area contributed by atoms with E-state index in [-0.39, 0.29) is 55.7 Å². The van der Waals surface area contributed by atoms with Gasteiger partial charge in [0.15, 0.2) is 0 Å². The Kier molecular flexibility index (Phi) is 12.3. The quantitative estimate of drug-likeness (QED) is 0.282. The fraction of sp³-hybridized carbons (Fsp3) is 0. The molecule has 11 heteroatoms. The average Bonchev–Trinajstić information content (AvgIpc) is 1.12. The molecule has 0 aromatic carbocycles. The first-order chi connectivity index (χ1) is 4.00. The van der Waals surface area contributed by atoms with Crippen LogP contribution in [-0.4, -0.2) is 66.1 Å². The molecule has 0 saturated heterocycles. The van der Waals surface area contributed by atoms with Gasteiger partial charge in [0.25, 0.3) is 0 Å². The summed E-state index contributed by atoms with van der Waals surface area (Å²) in [5.74, 6) is 0. The van der Waals surface area contributed by atoms with Crippen molar-refractivity contribution in [3.05, 3.63) is 0 Å². The van der Waals surface area contributed by atoms with Crippen LogP contribution in [0.3, 0.4) is 0 Å². The van der Waals surface area contributed by atoms with Gasteiger partial charge in [0.1, 0.15) is 0 Å². The van der Waals surface area contributed by atoms with E-state index in [0.29, 0.717) is 0 Å². The number of rotatable bonds is 0. The second-order valence-corrected chi connectivity index (χ2v) is 2.88. The number of hydrogen-bond acceptors (Lipinski definition) is 5. The molecule has 0 rings (SSSR count). The molecule has 0 aromatic heterocycles. The van der Waals surface area contributed by atoms with Gasteiger partial charge in [0.2, 0.25) is 0 Å². The Morgan fingerprint density at radius 1 is 1.00 bits per heavy atom. The molecule has 0 aliphatic rings. The SMILES string of the molecule is O=P(O)(O)O.O=P([O-])([O-])[O-].[H+].[H+].[H+].[KH]. The maximum absolute atomic E-state index is 8.88. The second kappa shape index (κ2) is 7.28. The molecular weight excluding hydrogens is 229 g/mol. The Bertz CT molecular complexity index is 135. The molecule has 0 aliphatic carbocycles. The van der Waals surface area contributed by atoms with Crippen molar-refractivity contribution >= 4 is 67.0 Å². The van der Waals surface area contributed by atoms with Crippen LogP contribution in [0.5, 0.6) is 0 Å². The summed E-state index contributed by atoms with van der Waals surface area (Å²) in [5, 5.41) is 0. The van der Waals surface area contributed by atoms with Crippen LogP contribution in [0.2, 0.25) is 0 Å². The van der Waals surface area contributed by atoms with Gasteiger partial charge in [-0.15, -0.1) is 0 Å². The molecule has 0 spiro atoms. The standard InChI is InChI=1S/K.2H3O4P.H/c;2*1-5(2,3)4;/h;2*(H3,1,2,3,4);. The van der Waals surface area contributed by atoms with Gasteiger partial charge in [-0.05, 0) is 0 Å². The zero-order valence-electron chi connectivity index (χ0n) is 7.28. The first-order valence-electron chi connectivity index (χ1n) is 1.51. The summed E-state index contributed by atoms with van der Waals surface area (Å²) in [5.41, 5.74) is 0. The van der Waals surface area contributed by atoms with E-state index in [9.17, 15) is 0 Å². The van der Waals surface area contributed by atoms with Gasteiger partial charge in [0.05, 0.1) is 0 Å². The van der Waals surface area contributed by atoms with Crippen LogP contribution in [0.4, 0.5) is 0 Å². The summed E-state index contributed by atoms with van der Waals surface area (Å²) in [6.45, 7) is 0. The van der Waals surface area contributed by atoms with Gasteiger partial charge in [-0.2, -0.15) is 7.82 Å². The second-order valence-electron chi connectivity index (χ2n) is 0.960. The van der Waals surface area contributed by atoms with Crippen molar-refractivity contribution in [1.29, 1.82) is 0 Å². The maximum atomic E-state index is 8.88. The van der Waals surface area contributed by atoms with Gasteiger partial charge < -0.3 is 33.9 Å². The van der Waals surface area contributed by atoms with Crippen molar-refractivity contribution in [3.63, 3.8) is 0 Å². The minimum atomic E-state index is -5.39. The molecule has 0 radical (unpaired) electrons. The van der Waals surface area contributed by atoms with Crippen LogP contribution in [0.25, 0.3) is 0 Å². The predicted octanol–water partition coefficient (Wildman–Crippen LogP) is -4.06. The first kappa shape index (κ1) is 18.6. The van der Waals surface area contributed by atoms with E-state index in [0.717, 1.165) is 0 Å². The molecule has 66 valence electrons. The molecule has 8 nitrogen and oxygen atoms in total. The van der Waals surface area contributed by atoms with Crippen molar-refractivity contribution in [2.45, 2.75) is 0 Å². The molecule has 11 heavy (non-hydrogen) atoms. The van der Waals surface area contributed by atoms with Crippen molar-refractivity contribution in [2.24, 2.45) is 0 Å². The number of phosphoric acid groups is 2. The predicted molar refractivity (Wildman–Crippen MR) is 32.4 cm³/mol. The van der Waals surface area contributed by atoms with E-state index in [2.05, 4.69) is 0 Å². The van der Waals surface area contributed by atoms with Crippen molar-refractivity contribution in [2.75, 3.05) is 0 Å². The van der Waals surface area contributed by atoms with Crippen molar-refractivity contribution in [1.82, 2.24) is 0 Å². The summed E-state index contributed by atoms with van der Waals surface area (Å²) in [6.07, 6.45) is 0. The van der Waals surface area contributed by atoms with E-state index in [1.54, 1.807) is 0 Å². The third kappa shape index (κ3) is 334. The van der Waals surface area contributed by atoms with Gasteiger partial charge >= 0.3 is 63.5 Å². The topological polar surface area (TPSA) is 164 Å². The van der Waals surface area contributed by atoms with E-state index >= 15 is 0 Å². The molecule has 0 aromatic rings. The summed E-state index contributed by atoms with van der Waals surface area (Å²) in [6, 6.07) is 0. The first-order valence-corrected chi connectivity index (χ1v) is 4.54. The van der Waals surface area contributed by atoms with Crippen LogP contribution in [0.15, 0.2) is 0 Å². The minimum absolute atomic E-state index is 0. The Morgan fingerprint density at radius 3 is 1.00 bits per heavy atom. The zero-order valence-corrected chi connectivity index (χ0v) is 6.07. The fourth-order valence-corrected chi connectivity index (χ4v) is 0. The molecule has 0 aliphatic heterocycles. The Balaban J connectivity index is -0.0000000178. The molecule has 3 N–H and O–H groups in total. The van der Waals surface area contributed by atoms with Crippen LogP contribution < -0.4 is 14.7 Å². The summed E-state index contributed by atoms with van der Waals surface area (Å²) in [7, 11) is -10.0. The van der Waals surface area contributed by atoms with Gasteiger partial charge in [-0.25, -0.2) is 4.57 Å². The van der Waals surface area contributed by atoms with E-state index < -0.39 is 15.6 Å². The normalized spacial score (nSPS) is 10.7. The monoisotopic (exact) mass is 236 g/mol. The molecular formula is H7KO8P2. The fourth-order valence-electron chi connectivity index (χ4n) is 0. The van der Waals surface area contributed by atoms with Crippen molar-refractivity contribution in [3.8, 4) is 0 Å². The summed E-state index contributed by atoms with van der Waals surface area (Å²) < 4.78 is 17.4. The van der Waals surface area contributed by atoms with E-state index in [1.807, 2.05) is 0 Å². The third-order valence-electron chi connectivity index (χ3n) is 0. The van der Waals surface area contributed by atoms with Crippen LogP contribution in [0, 0.1) is 0 Å². The van der Waals surface area contributed by atoms with E-state index in [4.69, 9.17) is 38.5 Å². The van der Waals surface area contributed by atoms with Crippen LogP contribution >= 0.6 is 15.6 Å². The van der Waals surface area contributed by atoms with Gasteiger partial charge in [-0.1, -0.05) is 0 Å². The Hall–Kier alpha value is 1.86. The Morgan fingerprint density at radius 2 is 1.00 bits per heavy atom. The summed E-state index contributed by atoms with van der Waals surface area (Å²) in [4.78, 5) is 47.2. The molecule has 0 saturated carbocycles. The molecule has 0 amide bonds. The van der Waals surface area contributed by atoms with Crippen LogP contribution in [-0.2, 0) is 9.13 Å². The molecule has 0 heterocycles. The summed E-state index contributed by atoms with van der Waals surface area (Å²) >= 11 is 0. The zero-order chi connectivity index (χ0) is 9.00. The molecule has 0 fully saturated rings. The molecule has 0 atom stereocenters. The third-order valence-corrected chi connectivity index (χ3v) is 0. The van der Waals surface area contributed by atoms with Crippen molar-refractivity contribution < 1.29 is 42.8 Å². The van der Waals surface area contributed by atoms with Gasteiger partial charge in [0, 0.05) is 0 Å². The molecule has 0 unspecified atom stereocenters. The Labute approximate surface area is 109 Å². The number of hydrogen-bond donors (Lipinski definition) is 3.